The molecule has 0 bridgehead atoms. The maximum absolute atomic E-state index is 5.68. The minimum atomic E-state index is 0. The maximum atomic E-state index is 5.68. The van der Waals surface area contributed by atoms with Crippen molar-refractivity contribution < 1.29 is 4.42 Å². The summed E-state index contributed by atoms with van der Waals surface area (Å²) >= 11 is 1.39. The molecule has 0 aliphatic carbocycles. The maximum Gasteiger partial charge on any atom is 0.212 e. The molecule has 0 unspecified atom stereocenters. The van der Waals surface area contributed by atoms with Crippen molar-refractivity contribution in [3.63, 3.8) is 0 Å². The predicted octanol–water partition coefficient (Wildman–Crippen LogP) is 2.43. The highest BCUT2D eigenvalue weighted by Gasteiger charge is 2.08. The smallest absolute Gasteiger partial charge is 0.212 e. The summed E-state index contributed by atoms with van der Waals surface area (Å²) in [4.78, 5) is 8.47. The van der Waals surface area contributed by atoms with Crippen LogP contribution in [0.5, 0.6) is 0 Å². The zero-order valence-corrected chi connectivity index (χ0v) is 13.6. The number of nitrogens with two attached hydrogens (primary N) is 2. The summed E-state index contributed by atoms with van der Waals surface area (Å²) in [5, 5.41) is 5.30. The molecule has 0 spiro atoms. The molecule has 2 heterocycles. The van der Waals surface area contributed by atoms with Crippen molar-refractivity contribution in [1.29, 1.82) is 0 Å². The van der Waals surface area contributed by atoms with Crippen LogP contribution in [0.3, 0.4) is 0 Å². The standard InChI is InChI=1S/C12H15N5OS.2ClH/c1-2-5-15-11(14)17-12-16-9(7-19-12)10-4-3-8(6-13)18-10;;/h2-4,7H,1,5-6,13H2,(H3,14,15,16,17);2*1H. The van der Waals surface area contributed by atoms with Crippen molar-refractivity contribution in [2.24, 2.45) is 16.5 Å². The first-order chi connectivity index (χ1) is 9.22. The molecule has 0 amide bonds. The summed E-state index contributed by atoms with van der Waals surface area (Å²) in [6.45, 7) is 4.51. The number of nitrogens with zero attached hydrogens (tertiary/aromatic N) is 2. The van der Waals surface area contributed by atoms with Crippen LogP contribution >= 0.6 is 36.2 Å². The molecule has 6 nitrogen and oxygen atoms in total. The molecule has 0 radical (unpaired) electrons. The Labute approximate surface area is 139 Å². The number of halogens is 2. The second-order valence-corrected chi connectivity index (χ2v) is 4.49. The molecular weight excluding hydrogens is 333 g/mol. The lowest BCUT2D eigenvalue weighted by Gasteiger charge is -1.98. The lowest BCUT2D eigenvalue weighted by atomic mass is 10.3. The predicted molar refractivity (Wildman–Crippen MR) is 91.7 cm³/mol. The van der Waals surface area contributed by atoms with Crippen LogP contribution in [0.1, 0.15) is 5.76 Å². The normalized spacial score (nSPS) is 10.4. The highest BCUT2D eigenvalue weighted by atomic mass is 35.5. The van der Waals surface area contributed by atoms with Crippen molar-refractivity contribution in [2.75, 3.05) is 6.54 Å². The average Bonchev–Trinajstić information content (AvgIpc) is 3.04. The lowest BCUT2D eigenvalue weighted by Crippen LogP contribution is -2.31. The van der Waals surface area contributed by atoms with Gasteiger partial charge < -0.3 is 21.2 Å². The van der Waals surface area contributed by atoms with Gasteiger partial charge in [0.1, 0.15) is 11.5 Å². The van der Waals surface area contributed by atoms with Gasteiger partial charge in [-0.1, -0.05) is 6.08 Å². The van der Waals surface area contributed by atoms with Crippen molar-refractivity contribution >= 4 is 47.2 Å². The van der Waals surface area contributed by atoms with Gasteiger partial charge in [0.2, 0.25) is 5.13 Å². The zero-order valence-electron chi connectivity index (χ0n) is 11.1. The molecule has 9 heteroatoms. The number of hydrogen-bond acceptors (Lipinski definition) is 5. The number of guanidine groups is 1. The molecule has 2 aromatic rings. The van der Waals surface area contributed by atoms with Gasteiger partial charge >= 0.3 is 0 Å². The highest BCUT2D eigenvalue weighted by molar-refractivity contribution is 7.13. The average molecular weight is 350 g/mol. The number of hydrogen-bond donors (Lipinski definition) is 3. The van der Waals surface area contributed by atoms with Crippen LogP contribution in [0.2, 0.25) is 0 Å². The third-order valence-electron chi connectivity index (χ3n) is 2.25. The summed E-state index contributed by atoms with van der Waals surface area (Å²) in [7, 11) is 0. The first-order valence-electron chi connectivity index (χ1n) is 5.66. The largest absolute Gasteiger partial charge is 0.458 e. The Bertz CT molecular complexity index is 596. The highest BCUT2D eigenvalue weighted by Crippen LogP contribution is 2.27. The lowest BCUT2D eigenvalue weighted by molar-refractivity contribution is 0.524. The van der Waals surface area contributed by atoms with E-state index in [1.807, 2.05) is 17.5 Å². The van der Waals surface area contributed by atoms with Gasteiger partial charge in [-0.3, -0.25) is 0 Å². The number of rotatable bonds is 5. The molecule has 0 saturated heterocycles. The molecule has 21 heavy (non-hydrogen) atoms. The summed E-state index contributed by atoms with van der Waals surface area (Å²) in [6.07, 6.45) is 1.70. The second kappa shape index (κ2) is 9.41. The van der Waals surface area contributed by atoms with Crippen LogP contribution in [0.15, 0.2) is 39.6 Å². The van der Waals surface area contributed by atoms with Gasteiger partial charge in [-0.05, 0) is 12.1 Å². The number of aliphatic imine (C=N–C) groups is 1. The first kappa shape index (κ1) is 19.5. The van der Waals surface area contributed by atoms with Crippen molar-refractivity contribution in [1.82, 2.24) is 10.3 Å². The zero-order chi connectivity index (χ0) is 13.7. The van der Waals surface area contributed by atoms with E-state index in [2.05, 4.69) is 21.9 Å². The van der Waals surface area contributed by atoms with Crippen LogP contribution < -0.4 is 16.8 Å². The quantitative estimate of drug-likeness (QED) is 0.437. The van der Waals surface area contributed by atoms with Crippen LogP contribution in [0.25, 0.3) is 11.5 Å². The van der Waals surface area contributed by atoms with E-state index in [0.29, 0.717) is 29.9 Å². The topological polar surface area (TPSA) is 102 Å². The fourth-order valence-corrected chi connectivity index (χ4v) is 2.06. The van der Waals surface area contributed by atoms with Gasteiger partial charge in [0.05, 0.1) is 6.54 Å². The Morgan fingerprint density at radius 1 is 1.48 bits per heavy atom. The van der Waals surface area contributed by atoms with Crippen molar-refractivity contribution in [3.05, 3.63) is 35.9 Å². The monoisotopic (exact) mass is 349 g/mol. The molecular formula is C12H17Cl2N5OS. The van der Waals surface area contributed by atoms with Crippen LogP contribution in [-0.2, 0) is 6.54 Å². The van der Waals surface area contributed by atoms with Crippen molar-refractivity contribution in [3.8, 4) is 11.5 Å². The number of furan rings is 1. The summed E-state index contributed by atoms with van der Waals surface area (Å²) in [6, 6.07) is 3.67. The SMILES string of the molecule is C=CCN/C(N)=N/c1nc(-c2ccc(CN)o2)cs1.Cl.Cl. The third-order valence-corrected chi connectivity index (χ3v) is 2.99. The van der Waals surface area contributed by atoms with Gasteiger partial charge in [-0.2, -0.15) is 4.99 Å². The van der Waals surface area contributed by atoms with E-state index >= 15 is 0 Å². The minimum absolute atomic E-state index is 0. The first-order valence-corrected chi connectivity index (χ1v) is 6.54. The summed E-state index contributed by atoms with van der Waals surface area (Å²) in [5.74, 6) is 1.71. The third kappa shape index (κ3) is 5.39. The Balaban J connectivity index is 0.00000200. The molecule has 5 N–H and O–H groups in total. The van der Waals surface area contributed by atoms with E-state index < -0.39 is 0 Å². The molecule has 0 saturated carbocycles. The van der Waals surface area contributed by atoms with E-state index in [9.17, 15) is 0 Å². The summed E-state index contributed by atoms with van der Waals surface area (Å²) < 4.78 is 5.51. The second-order valence-electron chi connectivity index (χ2n) is 3.65. The van der Waals surface area contributed by atoms with Gasteiger partial charge in [-0.25, -0.2) is 4.98 Å². The van der Waals surface area contributed by atoms with Gasteiger partial charge in [0.25, 0.3) is 0 Å². The van der Waals surface area contributed by atoms with E-state index in [-0.39, 0.29) is 24.8 Å². The Kier molecular flexibility index (Phi) is 8.72. The molecule has 0 aliphatic heterocycles. The molecule has 0 aromatic carbocycles. The van der Waals surface area contributed by atoms with E-state index in [0.717, 1.165) is 11.5 Å². The molecule has 0 aliphatic rings. The van der Waals surface area contributed by atoms with Crippen LogP contribution in [0, 0.1) is 0 Å². The molecule has 2 aromatic heterocycles. The van der Waals surface area contributed by atoms with E-state index in [4.69, 9.17) is 15.9 Å². The Morgan fingerprint density at radius 2 is 2.24 bits per heavy atom. The van der Waals surface area contributed by atoms with Gasteiger partial charge in [0.15, 0.2) is 11.7 Å². The van der Waals surface area contributed by atoms with Gasteiger partial charge in [0, 0.05) is 11.9 Å². The van der Waals surface area contributed by atoms with E-state index in [1.54, 1.807) is 6.08 Å². The van der Waals surface area contributed by atoms with E-state index in [1.165, 1.54) is 11.3 Å². The van der Waals surface area contributed by atoms with Crippen molar-refractivity contribution in [2.45, 2.75) is 6.54 Å². The fraction of sp³-hybridized carbons (Fsp3) is 0.167. The Morgan fingerprint density at radius 3 is 2.86 bits per heavy atom. The number of aromatic nitrogens is 1. The number of nitrogens with one attached hydrogen (secondary N) is 1. The minimum Gasteiger partial charge on any atom is -0.458 e. The summed E-state index contributed by atoms with van der Waals surface area (Å²) in [5.41, 5.74) is 11.9. The Hall–Kier alpha value is -1.54. The van der Waals surface area contributed by atoms with Crippen LogP contribution in [-0.4, -0.2) is 17.5 Å². The number of thiazole rings is 1. The molecule has 2 rings (SSSR count). The van der Waals surface area contributed by atoms with Crippen LogP contribution in [0.4, 0.5) is 5.13 Å². The molecule has 0 fully saturated rings. The van der Waals surface area contributed by atoms with Gasteiger partial charge in [-0.15, -0.1) is 42.7 Å². The fourth-order valence-electron chi connectivity index (χ4n) is 1.37. The molecule has 0 atom stereocenters. The molecule has 116 valence electrons.